The van der Waals surface area contributed by atoms with Gasteiger partial charge in [-0.3, -0.25) is 10.1 Å². The van der Waals surface area contributed by atoms with Crippen LogP contribution in [0.25, 0.3) is 0 Å². The molecule has 1 aliphatic heterocycles. The van der Waals surface area contributed by atoms with Crippen molar-refractivity contribution in [1.29, 1.82) is 0 Å². The van der Waals surface area contributed by atoms with Crippen molar-refractivity contribution in [3.8, 4) is 0 Å². The highest BCUT2D eigenvalue weighted by atomic mass is 16.6. The zero-order chi connectivity index (χ0) is 13.8. The number of nitrogens with one attached hydrogen (secondary N) is 1. The van der Waals surface area contributed by atoms with Crippen molar-refractivity contribution in [2.75, 3.05) is 18.4 Å². The minimum atomic E-state index is -0.514. The second-order valence-electron chi connectivity index (χ2n) is 4.48. The van der Waals surface area contributed by atoms with E-state index in [9.17, 15) is 20.0 Å². The van der Waals surface area contributed by atoms with Gasteiger partial charge in [0.2, 0.25) is 0 Å². The van der Waals surface area contributed by atoms with E-state index in [1.54, 1.807) is 6.07 Å². The van der Waals surface area contributed by atoms with Gasteiger partial charge in [-0.2, -0.15) is 0 Å². The number of hydrogen-bond acceptors (Lipinski definition) is 4. The van der Waals surface area contributed by atoms with Crippen molar-refractivity contribution in [2.24, 2.45) is 0 Å². The van der Waals surface area contributed by atoms with E-state index in [4.69, 9.17) is 0 Å². The van der Waals surface area contributed by atoms with Crippen molar-refractivity contribution in [3.05, 3.63) is 34.4 Å². The molecule has 19 heavy (non-hydrogen) atoms. The highest BCUT2D eigenvalue weighted by molar-refractivity contribution is 5.89. The molecule has 1 aromatic rings. The summed E-state index contributed by atoms with van der Waals surface area (Å²) in [7, 11) is 0. The van der Waals surface area contributed by atoms with Crippen LogP contribution in [0.15, 0.2) is 24.3 Å². The molecule has 1 saturated heterocycles. The molecule has 0 aromatic heterocycles. The Kier molecular flexibility index (Phi) is 3.96. The average molecular weight is 265 g/mol. The summed E-state index contributed by atoms with van der Waals surface area (Å²) < 4.78 is 0. The molecule has 0 aliphatic carbocycles. The first-order valence-corrected chi connectivity index (χ1v) is 6.05. The lowest BCUT2D eigenvalue weighted by atomic mass is 10.1. The SMILES string of the molecule is O=C(Nc1cccc([N+](=O)[O-])c1)N1CCCC(O)C1. The quantitative estimate of drug-likeness (QED) is 0.626. The highest BCUT2D eigenvalue weighted by Crippen LogP contribution is 2.18. The van der Waals surface area contributed by atoms with Crippen LogP contribution in [0.3, 0.4) is 0 Å². The van der Waals surface area contributed by atoms with E-state index in [1.165, 1.54) is 23.1 Å². The average Bonchev–Trinajstić information content (AvgIpc) is 2.39. The van der Waals surface area contributed by atoms with Crippen LogP contribution in [-0.4, -0.2) is 40.2 Å². The first-order chi connectivity index (χ1) is 9.06. The van der Waals surface area contributed by atoms with Crippen LogP contribution in [-0.2, 0) is 0 Å². The fraction of sp³-hybridized carbons (Fsp3) is 0.417. The molecule has 2 rings (SSSR count). The molecule has 1 heterocycles. The molecule has 0 spiro atoms. The molecule has 1 atom stereocenters. The van der Waals surface area contributed by atoms with Gasteiger partial charge in [-0.05, 0) is 18.9 Å². The summed E-state index contributed by atoms with van der Waals surface area (Å²) in [5.41, 5.74) is 0.302. The molecular formula is C12H15N3O4. The Morgan fingerprint density at radius 3 is 3.00 bits per heavy atom. The Morgan fingerprint density at radius 2 is 2.32 bits per heavy atom. The Balaban J connectivity index is 2.02. The van der Waals surface area contributed by atoms with E-state index >= 15 is 0 Å². The largest absolute Gasteiger partial charge is 0.391 e. The Morgan fingerprint density at radius 1 is 1.53 bits per heavy atom. The van der Waals surface area contributed by atoms with E-state index in [0.717, 1.165) is 6.42 Å². The number of urea groups is 1. The highest BCUT2D eigenvalue weighted by Gasteiger charge is 2.22. The number of aliphatic hydroxyl groups excluding tert-OH is 1. The fourth-order valence-corrected chi connectivity index (χ4v) is 2.04. The van der Waals surface area contributed by atoms with E-state index in [2.05, 4.69) is 5.32 Å². The smallest absolute Gasteiger partial charge is 0.321 e. The zero-order valence-corrected chi connectivity index (χ0v) is 10.3. The second-order valence-corrected chi connectivity index (χ2v) is 4.48. The van der Waals surface area contributed by atoms with E-state index in [1.807, 2.05) is 0 Å². The number of non-ortho nitro benzene ring substituents is 1. The number of amides is 2. The molecule has 0 bridgehead atoms. The maximum absolute atomic E-state index is 11.9. The first kappa shape index (κ1) is 13.3. The van der Waals surface area contributed by atoms with E-state index < -0.39 is 11.0 Å². The lowest BCUT2D eigenvalue weighted by Gasteiger charge is -2.30. The number of piperidine rings is 1. The van der Waals surface area contributed by atoms with Crippen molar-refractivity contribution in [2.45, 2.75) is 18.9 Å². The van der Waals surface area contributed by atoms with Crippen molar-refractivity contribution in [3.63, 3.8) is 0 Å². The monoisotopic (exact) mass is 265 g/mol. The van der Waals surface area contributed by atoms with E-state index in [0.29, 0.717) is 25.2 Å². The van der Waals surface area contributed by atoms with Gasteiger partial charge >= 0.3 is 6.03 Å². The maximum atomic E-state index is 11.9. The van der Waals surface area contributed by atoms with E-state index in [-0.39, 0.29) is 11.7 Å². The molecule has 102 valence electrons. The summed E-state index contributed by atoms with van der Waals surface area (Å²) >= 11 is 0. The van der Waals surface area contributed by atoms with Gasteiger partial charge in [-0.15, -0.1) is 0 Å². The molecule has 1 aromatic carbocycles. The minimum absolute atomic E-state index is 0.0727. The van der Waals surface area contributed by atoms with Crippen LogP contribution in [0.1, 0.15) is 12.8 Å². The van der Waals surface area contributed by atoms with Crippen LogP contribution in [0.2, 0.25) is 0 Å². The number of nitro groups is 1. The Hall–Kier alpha value is -2.15. The Bertz CT molecular complexity index is 492. The third-order valence-electron chi connectivity index (χ3n) is 2.99. The van der Waals surface area contributed by atoms with Gasteiger partial charge in [0.15, 0.2) is 0 Å². The number of aliphatic hydroxyl groups is 1. The number of hydrogen-bond donors (Lipinski definition) is 2. The summed E-state index contributed by atoms with van der Waals surface area (Å²) in [6.07, 6.45) is 0.953. The van der Waals surface area contributed by atoms with Gasteiger partial charge < -0.3 is 15.3 Å². The third kappa shape index (κ3) is 3.41. The number of likely N-dealkylation sites (tertiary alicyclic amines) is 1. The van der Waals surface area contributed by atoms with Gasteiger partial charge in [-0.1, -0.05) is 6.07 Å². The summed E-state index contributed by atoms with van der Waals surface area (Å²) in [5, 5.41) is 22.7. The topological polar surface area (TPSA) is 95.7 Å². The number of carbonyl (C=O) groups excluding carboxylic acids is 1. The number of benzene rings is 1. The van der Waals surface area contributed by atoms with Gasteiger partial charge in [0.05, 0.1) is 11.0 Å². The lowest BCUT2D eigenvalue weighted by molar-refractivity contribution is -0.384. The molecular weight excluding hydrogens is 250 g/mol. The molecule has 7 nitrogen and oxygen atoms in total. The van der Waals surface area contributed by atoms with Gasteiger partial charge in [0, 0.05) is 30.9 Å². The minimum Gasteiger partial charge on any atom is -0.391 e. The molecule has 7 heteroatoms. The van der Waals surface area contributed by atoms with Crippen LogP contribution in [0.4, 0.5) is 16.2 Å². The Labute approximate surface area is 110 Å². The number of anilines is 1. The normalized spacial score (nSPS) is 19.0. The molecule has 1 fully saturated rings. The summed E-state index contributed by atoms with van der Waals surface area (Å²) in [4.78, 5) is 23.6. The van der Waals surface area contributed by atoms with Crippen LogP contribution in [0.5, 0.6) is 0 Å². The third-order valence-corrected chi connectivity index (χ3v) is 2.99. The summed E-state index contributed by atoms with van der Waals surface area (Å²) in [6, 6.07) is 5.42. The number of β-amino-alcohol motifs (C(OH)–C–C–N with tert-alkyl or cyclic N) is 1. The fourth-order valence-electron chi connectivity index (χ4n) is 2.04. The van der Waals surface area contributed by atoms with Crippen molar-refractivity contribution in [1.82, 2.24) is 4.90 Å². The second kappa shape index (κ2) is 5.66. The van der Waals surface area contributed by atoms with Crippen LogP contribution < -0.4 is 5.32 Å². The molecule has 0 saturated carbocycles. The lowest BCUT2D eigenvalue weighted by Crippen LogP contribution is -2.44. The van der Waals surface area contributed by atoms with Crippen molar-refractivity contribution >= 4 is 17.4 Å². The maximum Gasteiger partial charge on any atom is 0.321 e. The first-order valence-electron chi connectivity index (χ1n) is 6.05. The molecule has 1 aliphatic rings. The number of rotatable bonds is 2. The molecule has 1 unspecified atom stereocenters. The van der Waals surface area contributed by atoms with Gasteiger partial charge in [-0.25, -0.2) is 4.79 Å². The van der Waals surface area contributed by atoms with Gasteiger partial charge in [0.25, 0.3) is 5.69 Å². The van der Waals surface area contributed by atoms with Crippen molar-refractivity contribution < 1.29 is 14.8 Å². The summed E-state index contributed by atoms with van der Waals surface area (Å²) in [5.74, 6) is 0. The summed E-state index contributed by atoms with van der Waals surface area (Å²) in [6.45, 7) is 0.874. The standard InChI is InChI=1S/C12H15N3O4/c16-11-5-2-6-14(8-11)12(17)13-9-3-1-4-10(7-9)15(18)19/h1,3-4,7,11,16H,2,5-6,8H2,(H,13,17). The zero-order valence-electron chi connectivity index (χ0n) is 10.3. The predicted molar refractivity (Wildman–Crippen MR) is 68.9 cm³/mol. The van der Waals surface area contributed by atoms with Gasteiger partial charge in [0.1, 0.15) is 0 Å². The molecule has 0 radical (unpaired) electrons. The molecule has 2 N–H and O–H groups in total. The predicted octanol–water partition coefficient (Wildman–Crippen LogP) is 1.58. The molecule has 2 amide bonds. The number of nitrogens with zero attached hydrogens (tertiary/aromatic N) is 2. The number of nitro benzene ring substituents is 1. The van der Waals surface area contributed by atoms with Crippen LogP contribution >= 0.6 is 0 Å². The van der Waals surface area contributed by atoms with Crippen LogP contribution in [0, 0.1) is 10.1 Å². The number of carbonyl (C=O) groups is 1.